The summed E-state index contributed by atoms with van der Waals surface area (Å²) < 4.78 is 2.00. The minimum absolute atomic E-state index is 0.0915. The maximum absolute atomic E-state index is 12.5. The second kappa shape index (κ2) is 13.1. The molecule has 164 valence electrons. The number of nitrogens with one attached hydrogen (secondary N) is 1. The Morgan fingerprint density at radius 3 is 2.50 bits per heavy atom. The molecule has 2 heterocycles. The molecule has 0 unspecified atom stereocenters. The Hall–Kier alpha value is -3.24. The molecule has 30 heavy (non-hydrogen) atoms. The lowest BCUT2D eigenvalue weighted by molar-refractivity contribution is -0.131. The van der Waals surface area contributed by atoms with Crippen molar-refractivity contribution in [3.8, 4) is 5.69 Å². The minimum Gasteiger partial charge on any atom is -0.483 e. The number of carbonyl (C=O) groups is 3. The first-order valence-corrected chi connectivity index (χ1v) is 9.27. The first-order valence-electron chi connectivity index (χ1n) is 9.27. The van der Waals surface area contributed by atoms with Gasteiger partial charge < -0.3 is 30.1 Å². The van der Waals surface area contributed by atoms with Crippen molar-refractivity contribution in [2.45, 2.75) is 26.0 Å². The van der Waals surface area contributed by atoms with Gasteiger partial charge in [-0.25, -0.2) is 4.98 Å². The number of hydrogen-bond donors (Lipinski definition) is 4. The maximum atomic E-state index is 12.5. The topological polar surface area (TPSA) is 145 Å². The van der Waals surface area contributed by atoms with E-state index in [-0.39, 0.29) is 24.8 Å². The van der Waals surface area contributed by atoms with Crippen LogP contribution < -0.4 is 5.32 Å². The highest BCUT2D eigenvalue weighted by Crippen LogP contribution is 2.18. The van der Waals surface area contributed by atoms with E-state index in [9.17, 15) is 9.90 Å². The molecular formula is C20H28N4O6. The normalized spacial score (nSPS) is 18.1. The number of benzene rings is 1. The van der Waals surface area contributed by atoms with Crippen LogP contribution >= 0.6 is 0 Å². The third-order valence-corrected chi connectivity index (χ3v) is 4.65. The zero-order valence-electron chi connectivity index (χ0n) is 17.0. The van der Waals surface area contributed by atoms with E-state index in [1.807, 2.05) is 49.0 Å². The predicted molar refractivity (Wildman–Crippen MR) is 109 cm³/mol. The summed E-state index contributed by atoms with van der Waals surface area (Å²) in [6, 6.07) is 7.94. The minimum atomic E-state index is -0.563. The van der Waals surface area contributed by atoms with E-state index < -0.39 is 6.10 Å². The lowest BCUT2D eigenvalue weighted by Gasteiger charge is -2.32. The SMILES string of the molecule is Cc1nccn1-c1ccccc1CNC(=O)[C@@H]1CN(C)CC[C@H]1O.O=CO.O=CO. The zero-order valence-corrected chi connectivity index (χ0v) is 17.0. The fourth-order valence-electron chi connectivity index (χ4n) is 3.20. The fourth-order valence-corrected chi connectivity index (χ4v) is 3.20. The second-order valence-corrected chi connectivity index (χ2v) is 6.63. The summed E-state index contributed by atoms with van der Waals surface area (Å²) in [5.41, 5.74) is 2.03. The number of aryl methyl sites for hydroxylation is 1. The number of likely N-dealkylation sites (tertiary alicyclic amines) is 1. The molecule has 10 nitrogen and oxygen atoms in total. The zero-order chi connectivity index (χ0) is 22.5. The summed E-state index contributed by atoms with van der Waals surface area (Å²) in [7, 11) is 1.98. The largest absolute Gasteiger partial charge is 0.483 e. The van der Waals surface area contributed by atoms with Crippen LogP contribution in [0.4, 0.5) is 0 Å². The number of nitrogens with zero attached hydrogens (tertiary/aromatic N) is 3. The van der Waals surface area contributed by atoms with Crippen LogP contribution in [0.5, 0.6) is 0 Å². The molecular weight excluding hydrogens is 392 g/mol. The maximum Gasteiger partial charge on any atom is 0.290 e. The predicted octanol–water partition coefficient (Wildman–Crippen LogP) is 0.511. The number of carboxylic acid groups (broad SMARTS) is 2. The summed E-state index contributed by atoms with van der Waals surface area (Å²) in [4.78, 5) is 35.5. The van der Waals surface area contributed by atoms with Gasteiger partial charge in [-0.1, -0.05) is 18.2 Å². The number of aliphatic hydroxyl groups excluding tert-OH is 1. The van der Waals surface area contributed by atoms with Crippen LogP contribution in [-0.2, 0) is 20.9 Å². The van der Waals surface area contributed by atoms with Crippen molar-refractivity contribution < 1.29 is 29.7 Å². The van der Waals surface area contributed by atoms with Crippen LogP contribution in [0.15, 0.2) is 36.7 Å². The smallest absolute Gasteiger partial charge is 0.290 e. The number of para-hydroxylation sites is 1. The van der Waals surface area contributed by atoms with Crippen LogP contribution in [0.2, 0.25) is 0 Å². The number of piperidine rings is 1. The number of aromatic nitrogens is 2. The highest BCUT2D eigenvalue weighted by atomic mass is 16.3. The molecule has 2 aromatic rings. The van der Waals surface area contributed by atoms with Gasteiger partial charge in [0.15, 0.2) is 0 Å². The molecule has 0 radical (unpaired) electrons. The van der Waals surface area contributed by atoms with Gasteiger partial charge in [-0.2, -0.15) is 0 Å². The number of amides is 1. The lowest BCUT2D eigenvalue weighted by atomic mass is 9.94. The Balaban J connectivity index is 0.000000672. The van der Waals surface area contributed by atoms with E-state index in [0.717, 1.165) is 23.6 Å². The quantitative estimate of drug-likeness (QED) is 0.524. The molecule has 1 fully saturated rings. The summed E-state index contributed by atoms with van der Waals surface area (Å²) in [5.74, 6) is 0.440. The molecule has 0 saturated carbocycles. The van der Waals surface area contributed by atoms with Gasteiger partial charge in [0.1, 0.15) is 5.82 Å². The van der Waals surface area contributed by atoms with Gasteiger partial charge in [0, 0.05) is 32.0 Å². The Kier molecular flexibility index (Phi) is 10.8. The average Bonchev–Trinajstić information content (AvgIpc) is 3.15. The summed E-state index contributed by atoms with van der Waals surface area (Å²) >= 11 is 0. The molecule has 1 aromatic carbocycles. The van der Waals surface area contributed by atoms with Gasteiger partial charge in [-0.3, -0.25) is 14.4 Å². The van der Waals surface area contributed by atoms with E-state index >= 15 is 0 Å². The molecule has 1 amide bonds. The number of rotatable bonds is 4. The van der Waals surface area contributed by atoms with Crippen molar-refractivity contribution in [1.29, 1.82) is 0 Å². The molecule has 0 aliphatic carbocycles. The molecule has 1 aliphatic heterocycles. The summed E-state index contributed by atoms with van der Waals surface area (Å²) in [6.45, 7) is 3.30. The van der Waals surface area contributed by atoms with Crippen molar-refractivity contribution in [2.24, 2.45) is 5.92 Å². The lowest BCUT2D eigenvalue weighted by Crippen LogP contribution is -2.48. The van der Waals surface area contributed by atoms with E-state index in [1.54, 1.807) is 6.20 Å². The van der Waals surface area contributed by atoms with E-state index in [0.29, 0.717) is 19.5 Å². The number of carbonyl (C=O) groups excluding carboxylic acids is 1. The molecule has 0 spiro atoms. The molecule has 1 aromatic heterocycles. The highest BCUT2D eigenvalue weighted by Gasteiger charge is 2.31. The molecule has 4 N–H and O–H groups in total. The monoisotopic (exact) mass is 420 g/mol. The molecule has 1 aliphatic rings. The Bertz CT molecular complexity index is 804. The van der Waals surface area contributed by atoms with Crippen molar-refractivity contribution in [2.75, 3.05) is 20.1 Å². The van der Waals surface area contributed by atoms with E-state index in [2.05, 4.69) is 15.2 Å². The molecule has 1 saturated heterocycles. The number of hydrogen-bond acceptors (Lipinski definition) is 6. The standard InChI is InChI=1S/C18H24N4O2.2CH2O2/c1-13-19-8-10-22(13)16-6-4-3-5-14(16)11-20-18(24)15-12-21(2)9-7-17(15)23;2*2-1-3/h3-6,8,10,15,17,23H,7,9,11-12H2,1-2H3,(H,20,24);2*1H,(H,2,3)/t15-,17-;;/m1../s1. The second-order valence-electron chi connectivity index (χ2n) is 6.63. The van der Waals surface area contributed by atoms with Gasteiger partial charge in [-0.15, -0.1) is 0 Å². The van der Waals surface area contributed by atoms with Crippen LogP contribution in [-0.4, -0.2) is 74.9 Å². The molecule has 0 bridgehead atoms. The molecule has 2 atom stereocenters. The first-order chi connectivity index (χ1) is 14.4. The first kappa shape index (κ1) is 24.8. The van der Waals surface area contributed by atoms with Crippen molar-refractivity contribution in [3.05, 3.63) is 48.0 Å². The fraction of sp³-hybridized carbons (Fsp3) is 0.400. The van der Waals surface area contributed by atoms with E-state index in [1.165, 1.54) is 0 Å². The van der Waals surface area contributed by atoms with Gasteiger partial charge in [0.2, 0.25) is 5.91 Å². The Morgan fingerprint density at radius 1 is 1.27 bits per heavy atom. The van der Waals surface area contributed by atoms with Crippen LogP contribution in [0, 0.1) is 12.8 Å². The third-order valence-electron chi connectivity index (χ3n) is 4.65. The Labute approximate surface area is 174 Å². The Morgan fingerprint density at radius 2 is 1.90 bits per heavy atom. The molecule has 10 heteroatoms. The van der Waals surface area contributed by atoms with Gasteiger partial charge >= 0.3 is 0 Å². The number of aliphatic hydroxyl groups is 1. The van der Waals surface area contributed by atoms with Crippen LogP contribution in [0.25, 0.3) is 5.69 Å². The van der Waals surface area contributed by atoms with E-state index in [4.69, 9.17) is 19.8 Å². The van der Waals surface area contributed by atoms with Crippen LogP contribution in [0.3, 0.4) is 0 Å². The number of imidazole rings is 1. The van der Waals surface area contributed by atoms with Gasteiger partial charge in [0.05, 0.1) is 17.7 Å². The van der Waals surface area contributed by atoms with Crippen molar-refractivity contribution >= 4 is 18.9 Å². The summed E-state index contributed by atoms with van der Waals surface area (Å²) in [5, 5.41) is 26.9. The highest BCUT2D eigenvalue weighted by molar-refractivity contribution is 5.79. The molecule has 3 rings (SSSR count). The third kappa shape index (κ3) is 7.30. The van der Waals surface area contributed by atoms with Gasteiger partial charge in [-0.05, 0) is 32.0 Å². The van der Waals surface area contributed by atoms with Crippen LogP contribution in [0.1, 0.15) is 17.8 Å². The summed E-state index contributed by atoms with van der Waals surface area (Å²) in [6.07, 6.45) is 3.75. The average molecular weight is 420 g/mol. The van der Waals surface area contributed by atoms with Crippen molar-refractivity contribution in [3.63, 3.8) is 0 Å². The van der Waals surface area contributed by atoms with Gasteiger partial charge in [0.25, 0.3) is 12.9 Å². The van der Waals surface area contributed by atoms with Crippen molar-refractivity contribution in [1.82, 2.24) is 19.8 Å².